The van der Waals surface area contributed by atoms with E-state index in [9.17, 15) is 4.79 Å². The van der Waals surface area contributed by atoms with E-state index in [4.69, 9.17) is 26.4 Å². The zero-order chi connectivity index (χ0) is 28.6. The molecule has 208 valence electrons. The van der Waals surface area contributed by atoms with E-state index < -0.39 is 0 Å². The van der Waals surface area contributed by atoms with Crippen molar-refractivity contribution in [3.63, 3.8) is 0 Å². The zero-order valence-electron chi connectivity index (χ0n) is 23.0. The Kier molecular flexibility index (Phi) is 6.72. The van der Waals surface area contributed by atoms with Crippen molar-refractivity contribution in [3.05, 3.63) is 130 Å². The quantitative estimate of drug-likeness (QED) is 0.272. The Balaban J connectivity index is 1.43. The highest BCUT2D eigenvalue weighted by Gasteiger charge is 2.46. The maximum atomic E-state index is 14.0. The van der Waals surface area contributed by atoms with Crippen LogP contribution in [0.4, 0.5) is 11.4 Å². The van der Waals surface area contributed by atoms with E-state index in [0.29, 0.717) is 16.7 Å². The van der Waals surface area contributed by atoms with E-state index in [0.717, 1.165) is 53.1 Å². The van der Waals surface area contributed by atoms with Gasteiger partial charge in [0.15, 0.2) is 0 Å². The minimum atomic E-state index is -0.318. The number of guanidine groups is 1. The first-order valence-electron chi connectivity index (χ1n) is 13.9. The molecule has 2 heterocycles. The van der Waals surface area contributed by atoms with Crippen LogP contribution >= 0.6 is 11.6 Å². The molecule has 0 aromatic heterocycles. The molecular formula is C34H28ClN5O2. The van der Waals surface area contributed by atoms with E-state index in [-0.39, 0.29) is 17.8 Å². The van der Waals surface area contributed by atoms with Gasteiger partial charge in [-0.3, -0.25) is 9.69 Å². The maximum absolute atomic E-state index is 14.0. The van der Waals surface area contributed by atoms with Crippen molar-refractivity contribution >= 4 is 46.4 Å². The Morgan fingerprint density at radius 3 is 2.40 bits per heavy atom. The number of ether oxygens (including phenoxy) is 1. The Hall–Kier alpha value is -4.88. The summed E-state index contributed by atoms with van der Waals surface area (Å²) in [5.74, 6) is 1.27. The number of rotatable bonds is 5. The molecule has 0 bridgehead atoms. The van der Waals surface area contributed by atoms with E-state index in [1.165, 1.54) is 5.56 Å². The Labute approximate surface area is 249 Å². The molecular weight excluding hydrogens is 546 g/mol. The Morgan fingerprint density at radius 1 is 0.905 bits per heavy atom. The number of hydrogen-bond acceptors (Lipinski definition) is 6. The standard InChI is InChI=1S/C34H28ClN5O2/c1-42-27-20-14-23(15-21-27)31-29-13-7-9-22-8-5-6-12-28(22)30(29)37-34-39(31)32(33(41)36-25-10-3-2-4-11-25)38-40(34)26-18-16-24(35)17-19-26/h2-6,8,10-12,14-21,31H,7,9,13H2,1H3,(H,36,41). The minimum Gasteiger partial charge on any atom is -0.497 e. The molecule has 3 aliphatic rings. The van der Waals surface area contributed by atoms with Crippen molar-refractivity contribution in [2.24, 2.45) is 10.1 Å². The first-order valence-corrected chi connectivity index (χ1v) is 14.3. The van der Waals surface area contributed by atoms with Crippen LogP contribution in [0.3, 0.4) is 0 Å². The van der Waals surface area contributed by atoms with Crippen molar-refractivity contribution in [3.8, 4) is 5.75 Å². The Morgan fingerprint density at radius 2 is 1.64 bits per heavy atom. The summed E-state index contributed by atoms with van der Waals surface area (Å²) in [4.78, 5) is 21.2. The average molecular weight is 574 g/mol. The fraction of sp³-hybridized carbons (Fsp3) is 0.147. The van der Waals surface area contributed by atoms with Crippen LogP contribution in [0.1, 0.15) is 35.6 Å². The summed E-state index contributed by atoms with van der Waals surface area (Å²) >= 11 is 6.24. The number of methoxy groups -OCH3 is 1. The van der Waals surface area contributed by atoms with Gasteiger partial charge in [-0.15, -0.1) is 5.10 Å². The number of carbonyl (C=O) groups is 1. The number of hydrogen-bond donors (Lipinski definition) is 1. The number of aliphatic imine (C=N–C) groups is 1. The molecule has 1 N–H and O–H groups in total. The number of carbonyl (C=O) groups excluding carboxylic acids is 1. The highest BCUT2D eigenvalue weighted by molar-refractivity contribution is 6.47. The number of aryl methyl sites for hydroxylation is 1. The fourth-order valence-corrected chi connectivity index (χ4v) is 5.99. The number of halogens is 1. The molecule has 42 heavy (non-hydrogen) atoms. The van der Waals surface area contributed by atoms with Crippen LogP contribution in [0.25, 0.3) is 5.70 Å². The van der Waals surface area contributed by atoms with Crippen LogP contribution in [0.2, 0.25) is 5.02 Å². The third kappa shape index (κ3) is 4.62. The normalized spacial score (nSPS) is 17.4. The van der Waals surface area contributed by atoms with Gasteiger partial charge in [0.05, 0.1) is 24.5 Å². The molecule has 0 spiro atoms. The van der Waals surface area contributed by atoms with Gasteiger partial charge in [0.2, 0.25) is 11.8 Å². The third-order valence-electron chi connectivity index (χ3n) is 7.83. The van der Waals surface area contributed by atoms with E-state index in [1.54, 1.807) is 12.1 Å². The molecule has 0 radical (unpaired) electrons. The lowest BCUT2D eigenvalue weighted by Crippen LogP contribution is -2.46. The second-order valence-corrected chi connectivity index (χ2v) is 10.8. The molecule has 0 fully saturated rings. The first kappa shape index (κ1) is 26.0. The van der Waals surface area contributed by atoms with Gasteiger partial charge in [-0.2, -0.15) is 5.01 Å². The van der Waals surface area contributed by atoms with Crippen LogP contribution in [-0.4, -0.2) is 29.7 Å². The molecule has 0 saturated heterocycles. The van der Waals surface area contributed by atoms with Gasteiger partial charge in [0.25, 0.3) is 5.91 Å². The highest BCUT2D eigenvalue weighted by atomic mass is 35.5. The molecule has 0 saturated carbocycles. The van der Waals surface area contributed by atoms with Crippen molar-refractivity contribution < 1.29 is 9.53 Å². The zero-order valence-corrected chi connectivity index (χ0v) is 23.8. The SMILES string of the molecule is COc1ccc(C2C3=C(N=C4N(c5ccc(Cl)cc5)N=C(C(=O)Nc5ccccc5)N42)c2ccccc2CCC3)cc1. The Bertz CT molecular complexity index is 1750. The monoisotopic (exact) mass is 573 g/mol. The van der Waals surface area contributed by atoms with Gasteiger partial charge in [0, 0.05) is 16.3 Å². The largest absolute Gasteiger partial charge is 0.497 e. The molecule has 1 atom stereocenters. The number of nitrogens with one attached hydrogen (secondary N) is 1. The first-order chi connectivity index (χ1) is 20.6. The van der Waals surface area contributed by atoms with Gasteiger partial charge in [0.1, 0.15) is 5.75 Å². The highest BCUT2D eigenvalue weighted by Crippen LogP contribution is 2.46. The fourth-order valence-electron chi connectivity index (χ4n) is 5.86. The summed E-state index contributed by atoms with van der Waals surface area (Å²) < 4.78 is 5.47. The number of hydrazone groups is 1. The molecule has 4 aromatic rings. The van der Waals surface area contributed by atoms with Crippen molar-refractivity contribution in [1.82, 2.24) is 4.90 Å². The summed E-state index contributed by atoms with van der Waals surface area (Å²) in [7, 11) is 1.66. The van der Waals surface area contributed by atoms with Gasteiger partial charge in [-0.05, 0) is 84.5 Å². The topological polar surface area (TPSA) is 69.5 Å². The molecule has 1 amide bonds. The predicted octanol–water partition coefficient (Wildman–Crippen LogP) is 7.28. The van der Waals surface area contributed by atoms with Gasteiger partial charge >= 0.3 is 0 Å². The summed E-state index contributed by atoms with van der Waals surface area (Å²) in [5, 5.41) is 10.3. The number of benzene rings is 4. The number of nitrogens with zero attached hydrogens (tertiary/aromatic N) is 4. The lowest BCUT2D eigenvalue weighted by atomic mass is 9.90. The van der Waals surface area contributed by atoms with Gasteiger partial charge in [-0.1, -0.05) is 66.2 Å². The second-order valence-electron chi connectivity index (χ2n) is 10.4. The summed E-state index contributed by atoms with van der Waals surface area (Å²) in [6, 6.07) is 33.0. The smallest absolute Gasteiger partial charge is 0.293 e. The van der Waals surface area contributed by atoms with E-state index in [1.807, 2.05) is 71.6 Å². The van der Waals surface area contributed by atoms with E-state index in [2.05, 4.69) is 41.7 Å². The van der Waals surface area contributed by atoms with Crippen LogP contribution in [-0.2, 0) is 11.2 Å². The summed E-state index contributed by atoms with van der Waals surface area (Å²) in [5.41, 5.74) is 6.95. The van der Waals surface area contributed by atoms with Gasteiger partial charge in [-0.25, -0.2) is 4.99 Å². The average Bonchev–Trinajstić information content (AvgIpc) is 3.31. The molecule has 4 aromatic carbocycles. The molecule has 7 nitrogen and oxygen atoms in total. The molecule has 7 rings (SSSR count). The number of para-hydroxylation sites is 1. The van der Waals surface area contributed by atoms with Crippen molar-refractivity contribution in [2.45, 2.75) is 25.3 Å². The predicted molar refractivity (Wildman–Crippen MR) is 168 cm³/mol. The lowest BCUT2D eigenvalue weighted by molar-refractivity contribution is -0.110. The van der Waals surface area contributed by atoms with Crippen LogP contribution in [0, 0.1) is 0 Å². The number of amidine groups is 1. The molecule has 8 heteroatoms. The van der Waals surface area contributed by atoms with Gasteiger partial charge < -0.3 is 10.1 Å². The number of amides is 1. The number of anilines is 2. The maximum Gasteiger partial charge on any atom is 0.293 e. The molecule has 1 aliphatic carbocycles. The number of fused-ring (bicyclic) bond motifs is 3. The van der Waals surface area contributed by atoms with Crippen molar-refractivity contribution in [2.75, 3.05) is 17.4 Å². The van der Waals surface area contributed by atoms with Crippen LogP contribution in [0.5, 0.6) is 5.75 Å². The van der Waals surface area contributed by atoms with Crippen molar-refractivity contribution in [1.29, 1.82) is 0 Å². The third-order valence-corrected chi connectivity index (χ3v) is 8.09. The molecule has 1 unspecified atom stereocenters. The van der Waals surface area contributed by atoms with E-state index >= 15 is 0 Å². The summed E-state index contributed by atoms with van der Waals surface area (Å²) in [6.07, 6.45) is 2.77. The lowest BCUT2D eigenvalue weighted by Gasteiger charge is -2.37. The summed E-state index contributed by atoms with van der Waals surface area (Å²) in [6.45, 7) is 0. The molecule has 2 aliphatic heterocycles. The second kappa shape index (κ2) is 10.8. The van der Waals surface area contributed by atoms with Crippen LogP contribution < -0.4 is 15.1 Å². The minimum absolute atomic E-state index is 0.262. The van der Waals surface area contributed by atoms with Crippen LogP contribution in [0.15, 0.2) is 119 Å².